The van der Waals surface area contributed by atoms with E-state index in [0.717, 1.165) is 10.9 Å². The van der Waals surface area contributed by atoms with Gasteiger partial charge in [0.1, 0.15) is 5.69 Å². The summed E-state index contributed by atoms with van der Waals surface area (Å²) in [6.07, 6.45) is -0.0179. The number of fused-ring (bicyclic) bond motifs is 1. The number of para-hydroxylation sites is 1. The first kappa shape index (κ1) is 12.2. The Morgan fingerprint density at radius 3 is 2.83 bits per heavy atom. The van der Waals surface area contributed by atoms with Crippen LogP contribution in [-0.2, 0) is 11.8 Å². The lowest BCUT2D eigenvalue weighted by Crippen LogP contribution is -2.22. The van der Waals surface area contributed by atoms with Crippen molar-refractivity contribution >= 4 is 22.6 Å². The van der Waals surface area contributed by atoms with E-state index in [2.05, 4.69) is 5.32 Å². The first-order valence-electron chi connectivity index (χ1n) is 5.64. The molecule has 0 aliphatic rings. The lowest BCUT2D eigenvalue weighted by atomic mass is 10.2. The maximum Gasteiger partial charge on any atom is 0.305 e. The number of carboxylic acids is 1. The molecule has 0 bridgehead atoms. The molecular weight excluding hydrogens is 232 g/mol. The summed E-state index contributed by atoms with van der Waals surface area (Å²) in [4.78, 5) is 22.4. The van der Waals surface area contributed by atoms with Crippen molar-refractivity contribution in [1.82, 2.24) is 4.57 Å². The van der Waals surface area contributed by atoms with E-state index in [1.54, 1.807) is 17.7 Å². The summed E-state index contributed by atoms with van der Waals surface area (Å²) in [6.45, 7) is 0.239. The molecule has 0 atom stereocenters. The van der Waals surface area contributed by atoms with E-state index >= 15 is 0 Å². The molecule has 5 nitrogen and oxygen atoms in total. The van der Waals surface area contributed by atoms with Crippen molar-refractivity contribution in [3.8, 4) is 0 Å². The standard InChI is InChI=1S/C13H14N2O3/c1-15-11-5-3-2-4-9(11)8-10(13(15)18)14-7-6-12(16)17/h2-5,8,14H,6-7H2,1H3,(H,16,17). The van der Waals surface area contributed by atoms with E-state index < -0.39 is 5.97 Å². The third-order valence-corrected chi connectivity index (χ3v) is 2.79. The van der Waals surface area contributed by atoms with E-state index in [1.807, 2.05) is 24.3 Å². The average molecular weight is 246 g/mol. The van der Waals surface area contributed by atoms with Gasteiger partial charge in [-0.15, -0.1) is 0 Å². The molecule has 2 rings (SSSR count). The van der Waals surface area contributed by atoms with Crippen molar-refractivity contribution in [2.45, 2.75) is 6.42 Å². The molecule has 0 unspecified atom stereocenters. The maximum absolute atomic E-state index is 12.0. The van der Waals surface area contributed by atoms with Crippen LogP contribution in [0.5, 0.6) is 0 Å². The van der Waals surface area contributed by atoms with Crippen LogP contribution in [0, 0.1) is 0 Å². The highest BCUT2D eigenvalue weighted by molar-refractivity contribution is 5.82. The minimum absolute atomic E-state index is 0.0179. The molecule has 0 fully saturated rings. The van der Waals surface area contributed by atoms with Crippen LogP contribution in [0.4, 0.5) is 5.69 Å². The zero-order chi connectivity index (χ0) is 13.1. The second kappa shape index (κ2) is 4.91. The maximum atomic E-state index is 12.0. The van der Waals surface area contributed by atoms with Gasteiger partial charge < -0.3 is 15.0 Å². The van der Waals surface area contributed by atoms with Gasteiger partial charge in [-0.25, -0.2) is 0 Å². The zero-order valence-corrected chi connectivity index (χ0v) is 10.0. The van der Waals surface area contributed by atoms with Crippen molar-refractivity contribution in [3.05, 3.63) is 40.7 Å². The van der Waals surface area contributed by atoms with Crippen molar-refractivity contribution in [2.75, 3.05) is 11.9 Å². The fourth-order valence-corrected chi connectivity index (χ4v) is 1.85. The number of aliphatic carboxylic acids is 1. The number of nitrogens with zero attached hydrogens (tertiary/aromatic N) is 1. The van der Waals surface area contributed by atoms with E-state index in [9.17, 15) is 9.59 Å². The molecule has 5 heteroatoms. The minimum atomic E-state index is -0.889. The summed E-state index contributed by atoms with van der Waals surface area (Å²) in [5, 5.41) is 12.4. The summed E-state index contributed by atoms with van der Waals surface area (Å²) in [6, 6.07) is 9.31. The van der Waals surface area contributed by atoms with Gasteiger partial charge in [0.2, 0.25) is 0 Å². The molecule has 0 aliphatic heterocycles. The number of pyridine rings is 1. The van der Waals surface area contributed by atoms with Gasteiger partial charge in [0.25, 0.3) is 5.56 Å². The monoisotopic (exact) mass is 246 g/mol. The van der Waals surface area contributed by atoms with Gasteiger partial charge in [0.15, 0.2) is 0 Å². The smallest absolute Gasteiger partial charge is 0.305 e. The molecule has 1 aromatic carbocycles. The number of aromatic nitrogens is 1. The Balaban J connectivity index is 2.36. The number of nitrogens with one attached hydrogen (secondary N) is 1. The highest BCUT2D eigenvalue weighted by atomic mass is 16.4. The Bertz CT molecular complexity index is 646. The SMILES string of the molecule is Cn1c(=O)c(NCCC(=O)O)cc2ccccc21. The summed E-state index contributed by atoms with van der Waals surface area (Å²) in [5.41, 5.74) is 1.13. The van der Waals surface area contributed by atoms with Gasteiger partial charge in [-0.3, -0.25) is 9.59 Å². The molecule has 0 saturated carbocycles. The largest absolute Gasteiger partial charge is 0.481 e. The lowest BCUT2D eigenvalue weighted by Gasteiger charge is -2.09. The number of hydrogen-bond donors (Lipinski definition) is 2. The van der Waals surface area contributed by atoms with Crippen LogP contribution in [0.15, 0.2) is 35.1 Å². The van der Waals surface area contributed by atoms with Gasteiger partial charge in [-0.1, -0.05) is 18.2 Å². The number of hydrogen-bond acceptors (Lipinski definition) is 3. The molecule has 0 radical (unpaired) electrons. The Hall–Kier alpha value is -2.30. The first-order valence-corrected chi connectivity index (χ1v) is 5.64. The summed E-state index contributed by atoms with van der Waals surface area (Å²) in [7, 11) is 1.70. The van der Waals surface area contributed by atoms with Crippen LogP contribution in [-0.4, -0.2) is 22.2 Å². The molecular formula is C13H14N2O3. The summed E-state index contributed by atoms with van der Waals surface area (Å²) >= 11 is 0. The van der Waals surface area contributed by atoms with Gasteiger partial charge in [-0.05, 0) is 12.1 Å². The fourth-order valence-electron chi connectivity index (χ4n) is 1.85. The second-order valence-electron chi connectivity index (χ2n) is 4.05. The molecule has 0 saturated heterocycles. The predicted molar refractivity (Wildman–Crippen MR) is 69.9 cm³/mol. The van der Waals surface area contributed by atoms with E-state index in [4.69, 9.17) is 5.11 Å². The molecule has 2 N–H and O–H groups in total. The molecule has 0 aliphatic carbocycles. The molecule has 18 heavy (non-hydrogen) atoms. The van der Waals surface area contributed by atoms with Crippen molar-refractivity contribution in [1.29, 1.82) is 0 Å². The van der Waals surface area contributed by atoms with Gasteiger partial charge in [0, 0.05) is 19.0 Å². The number of rotatable bonds is 4. The normalized spacial score (nSPS) is 10.5. The Morgan fingerprint density at radius 2 is 2.11 bits per heavy atom. The minimum Gasteiger partial charge on any atom is -0.481 e. The molecule has 94 valence electrons. The Labute approximate surface area is 104 Å². The van der Waals surface area contributed by atoms with Crippen LogP contribution in [0.3, 0.4) is 0 Å². The quantitative estimate of drug-likeness (QED) is 0.856. The fraction of sp³-hybridized carbons (Fsp3) is 0.231. The molecule has 2 aromatic rings. The van der Waals surface area contributed by atoms with Crippen molar-refractivity contribution < 1.29 is 9.90 Å². The first-order chi connectivity index (χ1) is 8.59. The topological polar surface area (TPSA) is 71.3 Å². The molecule has 1 heterocycles. The van der Waals surface area contributed by atoms with Crippen LogP contribution >= 0.6 is 0 Å². The van der Waals surface area contributed by atoms with Crippen molar-refractivity contribution in [3.63, 3.8) is 0 Å². The van der Waals surface area contributed by atoms with Gasteiger partial charge in [0.05, 0.1) is 11.9 Å². The number of carbonyl (C=O) groups is 1. The van der Waals surface area contributed by atoms with Gasteiger partial charge in [-0.2, -0.15) is 0 Å². The third-order valence-electron chi connectivity index (χ3n) is 2.79. The van der Waals surface area contributed by atoms with Gasteiger partial charge >= 0.3 is 5.97 Å². The van der Waals surface area contributed by atoms with E-state index in [0.29, 0.717) is 5.69 Å². The number of benzene rings is 1. The number of anilines is 1. The highest BCUT2D eigenvalue weighted by Gasteiger charge is 2.06. The highest BCUT2D eigenvalue weighted by Crippen LogP contribution is 2.14. The summed E-state index contributed by atoms with van der Waals surface area (Å²) < 4.78 is 1.55. The predicted octanol–water partition coefficient (Wildman–Crippen LogP) is 1.43. The lowest BCUT2D eigenvalue weighted by molar-refractivity contribution is -0.136. The summed E-state index contributed by atoms with van der Waals surface area (Å²) in [5.74, 6) is -0.889. The average Bonchev–Trinajstić information content (AvgIpc) is 2.35. The molecule has 0 amide bonds. The van der Waals surface area contributed by atoms with E-state index in [-0.39, 0.29) is 18.5 Å². The van der Waals surface area contributed by atoms with Crippen LogP contribution in [0.2, 0.25) is 0 Å². The van der Waals surface area contributed by atoms with E-state index in [1.165, 1.54) is 0 Å². The second-order valence-corrected chi connectivity index (χ2v) is 4.05. The number of aryl methyl sites for hydroxylation is 1. The van der Waals surface area contributed by atoms with Crippen molar-refractivity contribution in [2.24, 2.45) is 7.05 Å². The zero-order valence-electron chi connectivity index (χ0n) is 10.0. The van der Waals surface area contributed by atoms with Crippen LogP contribution in [0.1, 0.15) is 6.42 Å². The number of carboxylic acid groups (broad SMARTS) is 1. The Morgan fingerprint density at radius 1 is 1.39 bits per heavy atom. The third kappa shape index (κ3) is 2.34. The molecule has 1 aromatic heterocycles. The Kier molecular flexibility index (Phi) is 3.32. The van der Waals surface area contributed by atoms with Crippen LogP contribution in [0.25, 0.3) is 10.9 Å². The molecule has 0 spiro atoms. The van der Waals surface area contributed by atoms with Crippen LogP contribution < -0.4 is 10.9 Å².